The van der Waals surface area contributed by atoms with E-state index in [4.69, 9.17) is 10.3 Å². The quantitative estimate of drug-likeness (QED) is 0.778. The van der Waals surface area contributed by atoms with Crippen molar-refractivity contribution in [3.05, 3.63) is 16.6 Å². The number of hydrogen-bond donors (Lipinski definition) is 3. The van der Waals surface area contributed by atoms with Crippen LogP contribution in [-0.4, -0.2) is 22.6 Å². The topological polar surface area (TPSA) is 106 Å². The average Bonchev–Trinajstić information content (AvgIpc) is 2.86. The molecule has 96 valence electrons. The van der Waals surface area contributed by atoms with E-state index in [1.165, 1.54) is 11.3 Å². The maximum absolute atomic E-state index is 11.9. The van der Waals surface area contributed by atoms with E-state index in [0.29, 0.717) is 15.7 Å². The zero-order valence-corrected chi connectivity index (χ0v) is 10.8. The van der Waals surface area contributed by atoms with Crippen LogP contribution in [0, 0.1) is 6.92 Å². The molecule has 0 aromatic carbocycles. The first kappa shape index (κ1) is 12.4. The number of thiazole rings is 1. The maximum atomic E-state index is 11.9. The van der Waals surface area contributed by atoms with Crippen LogP contribution in [0.5, 0.6) is 0 Å². The molecule has 0 radical (unpaired) electrons. The van der Waals surface area contributed by atoms with Crippen molar-refractivity contribution in [2.75, 3.05) is 22.9 Å². The van der Waals surface area contributed by atoms with Gasteiger partial charge in [-0.15, -0.1) is 0 Å². The van der Waals surface area contributed by atoms with Gasteiger partial charge in [-0.2, -0.15) is 0 Å². The fourth-order valence-corrected chi connectivity index (χ4v) is 2.16. The largest absolute Gasteiger partial charge is 0.382 e. The van der Waals surface area contributed by atoms with Crippen molar-refractivity contribution in [1.82, 2.24) is 10.1 Å². The highest BCUT2D eigenvalue weighted by Gasteiger charge is 2.17. The summed E-state index contributed by atoms with van der Waals surface area (Å²) in [4.78, 5) is 16.3. The standard InChI is InChI=1S/C10H13N5O2S/c1-3-12-10-14-8(11)7(18-10)9(16)13-6-4-5(2)15-17-6/h4H,3,11H2,1-2H3,(H,12,14)(H,13,16). The average molecular weight is 267 g/mol. The smallest absolute Gasteiger partial charge is 0.272 e. The van der Waals surface area contributed by atoms with Crippen LogP contribution >= 0.6 is 11.3 Å². The van der Waals surface area contributed by atoms with Gasteiger partial charge >= 0.3 is 0 Å². The molecule has 2 heterocycles. The van der Waals surface area contributed by atoms with Crippen LogP contribution in [0.1, 0.15) is 22.3 Å². The van der Waals surface area contributed by atoms with Crippen LogP contribution in [0.25, 0.3) is 0 Å². The van der Waals surface area contributed by atoms with Gasteiger partial charge in [0.1, 0.15) is 10.7 Å². The molecule has 2 aromatic heterocycles. The number of amides is 1. The van der Waals surface area contributed by atoms with E-state index in [-0.39, 0.29) is 17.6 Å². The predicted octanol–water partition coefficient (Wildman–Crippen LogP) is 1.71. The Morgan fingerprint density at radius 3 is 3.00 bits per heavy atom. The monoisotopic (exact) mass is 267 g/mol. The number of nitrogens with two attached hydrogens (primary N) is 1. The number of hydrogen-bond acceptors (Lipinski definition) is 7. The minimum Gasteiger partial charge on any atom is -0.382 e. The number of rotatable bonds is 4. The molecule has 0 aliphatic rings. The third-order valence-electron chi connectivity index (χ3n) is 2.05. The summed E-state index contributed by atoms with van der Waals surface area (Å²) in [5, 5.41) is 9.87. The molecule has 0 saturated heterocycles. The van der Waals surface area contributed by atoms with Gasteiger partial charge in [-0.25, -0.2) is 4.98 Å². The number of aromatic nitrogens is 2. The zero-order chi connectivity index (χ0) is 13.1. The van der Waals surface area contributed by atoms with Crippen LogP contribution in [0.3, 0.4) is 0 Å². The van der Waals surface area contributed by atoms with Crippen molar-refractivity contribution < 1.29 is 9.32 Å². The summed E-state index contributed by atoms with van der Waals surface area (Å²) in [5.41, 5.74) is 6.37. The van der Waals surface area contributed by atoms with Gasteiger partial charge in [0.05, 0.1) is 5.69 Å². The highest BCUT2D eigenvalue weighted by Crippen LogP contribution is 2.25. The summed E-state index contributed by atoms with van der Waals surface area (Å²) in [6, 6.07) is 1.63. The van der Waals surface area contributed by atoms with Crippen LogP contribution in [0.4, 0.5) is 16.8 Å². The van der Waals surface area contributed by atoms with Gasteiger partial charge in [0.2, 0.25) is 5.88 Å². The van der Waals surface area contributed by atoms with Crippen LogP contribution in [0.2, 0.25) is 0 Å². The Kier molecular flexibility index (Phi) is 3.47. The van der Waals surface area contributed by atoms with E-state index >= 15 is 0 Å². The summed E-state index contributed by atoms with van der Waals surface area (Å²) in [6.45, 7) is 4.42. The zero-order valence-electron chi connectivity index (χ0n) is 9.98. The summed E-state index contributed by atoms with van der Waals surface area (Å²) < 4.78 is 4.90. The number of nitrogens with one attached hydrogen (secondary N) is 2. The molecule has 18 heavy (non-hydrogen) atoms. The Morgan fingerprint density at radius 1 is 1.61 bits per heavy atom. The number of nitrogen functional groups attached to an aromatic ring is 1. The van der Waals surface area contributed by atoms with Crippen molar-refractivity contribution in [1.29, 1.82) is 0 Å². The number of anilines is 3. The molecule has 0 atom stereocenters. The number of carbonyl (C=O) groups is 1. The van der Waals surface area contributed by atoms with E-state index < -0.39 is 0 Å². The van der Waals surface area contributed by atoms with E-state index in [1.807, 2.05) is 6.92 Å². The van der Waals surface area contributed by atoms with Gasteiger partial charge in [0, 0.05) is 12.6 Å². The fourth-order valence-electron chi connectivity index (χ4n) is 1.31. The Labute approximate surface area is 107 Å². The Hall–Kier alpha value is -2.09. The lowest BCUT2D eigenvalue weighted by molar-refractivity contribution is 0.102. The molecule has 4 N–H and O–H groups in total. The molecular formula is C10H13N5O2S. The van der Waals surface area contributed by atoms with Crippen LogP contribution in [-0.2, 0) is 0 Å². The van der Waals surface area contributed by atoms with Gasteiger partial charge in [0.25, 0.3) is 5.91 Å². The molecule has 0 saturated carbocycles. The molecule has 1 amide bonds. The second-order valence-electron chi connectivity index (χ2n) is 3.55. The maximum Gasteiger partial charge on any atom is 0.272 e. The van der Waals surface area contributed by atoms with E-state index in [1.54, 1.807) is 13.0 Å². The Bertz CT molecular complexity index is 562. The summed E-state index contributed by atoms with van der Waals surface area (Å²) in [5.74, 6) is 0.130. The van der Waals surface area contributed by atoms with Crippen molar-refractivity contribution >= 4 is 34.1 Å². The molecular weight excluding hydrogens is 254 g/mol. The molecule has 8 heteroatoms. The third-order valence-corrected chi connectivity index (χ3v) is 3.08. The molecule has 0 fully saturated rings. The number of carbonyl (C=O) groups excluding carboxylic acids is 1. The fraction of sp³-hybridized carbons (Fsp3) is 0.300. The van der Waals surface area contributed by atoms with Crippen molar-refractivity contribution in [2.45, 2.75) is 13.8 Å². The lowest BCUT2D eigenvalue weighted by atomic mass is 10.4. The van der Waals surface area contributed by atoms with E-state index in [2.05, 4.69) is 20.8 Å². The Morgan fingerprint density at radius 2 is 2.39 bits per heavy atom. The lowest BCUT2D eigenvalue weighted by Crippen LogP contribution is -2.11. The SMILES string of the molecule is CCNc1nc(N)c(C(=O)Nc2cc(C)no2)s1. The van der Waals surface area contributed by atoms with E-state index in [9.17, 15) is 4.79 Å². The summed E-state index contributed by atoms with van der Waals surface area (Å²) in [7, 11) is 0. The lowest BCUT2D eigenvalue weighted by Gasteiger charge is -1.97. The predicted molar refractivity (Wildman–Crippen MR) is 69.9 cm³/mol. The van der Waals surface area contributed by atoms with E-state index in [0.717, 1.165) is 6.54 Å². The molecule has 7 nitrogen and oxygen atoms in total. The van der Waals surface area contributed by atoms with Gasteiger partial charge < -0.3 is 15.6 Å². The third kappa shape index (κ3) is 2.59. The van der Waals surface area contributed by atoms with Gasteiger partial charge in [-0.1, -0.05) is 16.5 Å². The molecule has 0 unspecified atom stereocenters. The summed E-state index contributed by atoms with van der Waals surface area (Å²) >= 11 is 1.20. The van der Waals surface area contributed by atoms with Crippen LogP contribution < -0.4 is 16.4 Å². The molecule has 0 bridgehead atoms. The normalized spacial score (nSPS) is 10.3. The van der Waals surface area contributed by atoms with Gasteiger partial charge in [-0.3, -0.25) is 10.1 Å². The van der Waals surface area contributed by atoms with Crippen molar-refractivity contribution in [3.63, 3.8) is 0 Å². The highest BCUT2D eigenvalue weighted by molar-refractivity contribution is 7.18. The molecule has 2 rings (SSSR count). The molecule has 0 aliphatic carbocycles. The molecule has 0 aliphatic heterocycles. The minimum absolute atomic E-state index is 0.199. The van der Waals surface area contributed by atoms with Gasteiger partial charge in [0.15, 0.2) is 5.13 Å². The first-order chi connectivity index (χ1) is 8.60. The Balaban J connectivity index is 2.13. The van der Waals surface area contributed by atoms with Crippen molar-refractivity contribution in [2.24, 2.45) is 0 Å². The second kappa shape index (κ2) is 5.05. The van der Waals surface area contributed by atoms with Crippen molar-refractivity contribution in [3.8, 4) is 0 Å². The number of aryl methyl sites for hydroxylation is 1. The second-order valence-corrected chi connectivity index (χ2v) is 4.55. The molecule has 2 aromatic rings. The minimum atomic E-state index is -0.356. The molecule has 0 spiro atoms. The van der Waals surface area contributed by atoms with Crippen LogP contribution in [0.15, 0.2) is 10.6 Å². The number of nitrogens with zero attached hydrogens (tertiary/aromatic N) is 2. The first-order valence-electron chi connectivity index (χ1n) is 5.35. The van der Waals surface area contributed by atoms with Gasteiger partial charge in [-0.05, 0) is 13.8 Å². The summed E-state index contributed by atoms with van der Waals surface area (Å²) in [6.07, 6.45) is 0. The highest BCUT2D eigenvalue weighted by atomic mass is 32.1. The first-order valence-corrected chi connectivity index (χ1v) is 6.16.